The van der Waals surface area contributed by atoms with Gasteiger partial charge in [0.2, 0.25) is 0 Å². The Bertz CT molecular complexity index is 1020. The Labute approximate surface area is 160 Å². The van der Waals surface area contributed by atoms with Crippen LogP contribution in [0.4, 0.5) is 5.69 Å². The van der Waals surface area contributed by atoms with Crippen molar-refractivity contribution < 1.29 is 24.2 Å². The Hall–Kier alpha value is -3.42. The number of amides is 1. The average molecular weight is 384 g/mol. The van der Waals surface area contributed by atoms with Gasteiger partial charge in [-0.1, -0.05) is 19.9 Å². The molecule has 1 aliphatic carbocycles. The van der Waals surface area contributed by atoms with Crippen molar-refractivity contribution in [1.82, 2.24) is 4.98 Å². The molecule has 0 atom stereocenters. The molecule has 28 heavy (non-hydrogen) atoms. The topological polar surface area (TPSA) is 126 Å². The molecule has 0 aliphatic heterocycles. The summed E-state index contributed by atoms with van der Waals surface area (Å²) in [7, 11) is 0. The number of aliphatic carboxylic acids is 1. The molecule has 1 heterocycles. The molecule has 0 spiro atoms. The maximum atomic E-state index is 12.6. The summed E-state index contributed by atoms with van der Waals surface area (Å²) in [5.41, 5.74) is 0.267. The third-order valence-corrected chi connectivity index (χ3v) is 4.42. The molecule has 1 aromatic heterocycles. The zero-order valence-corrected chi connectivity index (χ0v) is 15.5. The van der Waals surface area contributed by atoms with Crippen LogP contribution in [0.1, 0.15) is 46.7 Å². The lowest BCUT2D eigenvalue weighted by Gasteiger charge is -2.29. The van der Waals surface area contributed by atoms with E-state index in [9.17, 15) is 19.2 Å². The smallest absolute Gasteiger partial charge is 0.341 e. The Morgan fingerprint density at radius 3 is 2.68 bits per heavy atom. The number of aromatic nitrogens is 1. The van der Waals surface area contributed by atoms with Gasteiger partial charge in [-0.15, -0.1) is 0 Å². The summed E-state index contributed by atoms with van der Waals surface area (Å²) in [6.45, 7) is 3.39. The summed E-state index contributed by atoms with van der Waals surface area (Å²) in [5, 5.41) is 11.2. The Morgan fingerprint density at radius 1 is 1.21 bits per heavy atom. The summed E-state index contributed by atoms with van der Waals surface area (Å²) >= 11 is 0. The van der Waals surface area contributed by atoms with Crippen LogP contribution < -0.4 is 15.6 Å². The van der Waals surface area contributed by atoms with Crippen LogP contribution in [0.5, 0.6) is 5.75 Å². The van der Waals surface area contributed by atoms with Crippen molar-refractivity contribution >= 4 is 23.3 Å². The maximum Gasteiger partial charge on any atom is 0.341 e. The highest BCUT2D eigenvalue weighted by atomic mass is 16.5. The number of nitrogens with one attached hydrogen (secondary N) is 2. The minimum Gasteiger partial charge on any atom is -0.482 e. The third kappa shape index (κ3) is 4.28. The molecule has 2 aromatic rings. The summed E-state index contributed by atoms with van der Waals surface area (Å²) in [6, 6.07) is 7.49. The second-order valence-electron chi connectivity index (χ2n) is 7.51. The highest BCUT2D eigenvalue weighted by Crippen LogP contribution is 2.33. The molecule has 0 fully saturated rings. The SMILES string of the molecule is CC1(C)CC(=O)c2cc(C(=O)Nc3cccc(OCC(=O)O)c3)c(=O)[nH]c2C1. The van der Waals surface area contributed by atoms with Gasteiger partial charge in [0, 0.05) is 29.4 Å². The standard InChI is InChI=1S/C20H20N2O6/c1-20(2)8-15-13(16(23)9-20)7-14(19(27)22-15)18(26)21-11-4-3-5-12(6-11)28-10-17(24)25/h3-7H,8-10H2,1-2H3,(H,21,26)(H,22,27)(H,24,25). The van der Waals surface area contributed by atoms with Crippen molar-refractivity contribution in [2.24, 2.45) is 5.41 Å². The number of carbonyl (C=O) groups excluding carboxylic acids is 2. The molecule has 3 N–H and O–H groups in total. The normalized spacial score (nSPS) is 14.9. The van der Waals surface area contributed by atoms with E-state index in [-0.39, 0.29) is 22.5 Å². The fourth-order valence-electron chi connectivity index (χ4n) is 3.20. The molecule has 1 aliphatic rings. The number of carboxylic acids is 1. The summed E-state index contributed by atoms with van der Waals surface area (Å²) in [6.07, 6.45) is 0.893. The molecule has 1 amide bonds. The van der Waals surface area contributed by atoms with E-state index < -0.39 is 24.0 Å². The maximum absolute atomic E-state index is 12.6. The van der Waals surface area contributed by atoms with Gasteiger partial charge < -0.3 is 20.1 Å². The van der Waals surface area contributed by atoms with Crippen molar-refractivity contribution in [3.8, 4) is 5.75 Å². The van der Waals surface area contributed by atoms with Crippen LogP contribution in [0, 0.1) is 5.41 Å². The van der Waals surface area contributed by atoms with Crippen molar-refractivity contribution in [3.63, 3.8) is 0 Å². The van der Waals surface area contributed by atoms with Gasteiger partial charge in [0.1, 0.15) is 11.3 Å². The van der Waals surface area contributed by atoms with Gasteiger partial charge >= 0.3 is 5.97 Å². The highest BCUT2D eigenvalue weighted by Gasteiger charge is 2.32. The lowest BCUT2D eigenvalue weighted by Crippen LogP contribution is -2.32. The molecule has 0 bridgehead atoms. The molecular weight excluding hydrogens is 364 g/mol. The third-order valence-electron chi connectivity index (χ3n) is 4.42. The molecule has 0 saturated heterocycles. The number of carboxylic acid groups (broad SMARTS) is 1. The van der Waals surface area contributed by atoms with Crippen molar-refractivity contribution in [3.05, 3.63) is 57.5 Å². The van der Waals surface area contributed by atoms with Crippen LogP contribution in [-0.2, 0) is 11.2 Å². The molecule has 0 unspecified atom stereocenters. The molecule has 0 saturated carbocycles. The second-order valence-corrected chi connectivity index (χ2v) is 7.51. The minimum atomic E-state index is -1.12. The fourth-order valence-corrected chi connectivity index (χ4v) is 3.20. The quantitative estimate of drug-likeness (QED) is 0.726. The summed E-state index contributed by atoms with van der Waals surface area (Å²) < 4.78 is 5.06. The number of ether oxygens (including phenoxy) is 1. The summed E-state index contributed by atoms with van der Waals surface area (Å²) in [5.74, 6) is -1.64. The first-order valence-corrected chi connectivity index (χ1v) is 8.70. The van der Waals surface area contributed by atoms with Gasteiger partial charge in [-0.2, -0.15) is 0 Å². The first kappa shape index (κ1) is 19.3. The zero-order valence-electron chi connectivity index (χ0n) is 15.5. The molecule has 146 valence electrons. The average Bonchev–Trinajstić information content (AvgIpc) is 2.58. The number of anilines is 1. The fraction of sp³-hybridized carbons (Fsp3) is 0.300. The van der Waals surface area contributed by atoms with Crippen molar-refractivity contribution in [2.45, 2.75) is 26.7 Å². The van der Waals surface area contributed by atoms with Gasteiger partial charge in [-0.25, -0.2) is 4.79 Å². The number of Topliss-reactive ketones (excluding diaryl/α,β-unsaturated/α-hetero) is 1. The van der Waals surface area contributed by atoms with E-state index >= 15 is 0 Å². The summed E-state index contributed by atoms with van der Waals surface area (Å²) in [4.78, 5) is 50.6. The molecular formula is C20H20N2O6. The number of ketones is 1. The van der Waals surface area contributed by atoms with E-state index in [4.69, 9.17) is 9.84 Å². The minimum absolute atomic E-state index is 0.111. The van der Waals surface area contributed by atoms with Gasteiger partial charge in [0.05, 0.1) is 0 Å². The molecule has 1 aromatic carbocycles. The van der Waals surface area contributed by atoms with E-state index in [0.717, 1.165) is 0 Å². The Balaban J connectivity index is 1.83. The number of pyridine rings is 1. The number of benzene rings is 1. The lowest BCUT2D eigenvalue weighted by atomic mass is 9.75. The van der Waals surface area contributed by atoms with Crippen molar-refractivity contribution in [1.29, 1.82) is 0 Å². The Morgan fingerprint density at radius 2 is 1.96 bits per heavy atom. The van der Waals surface area contributed by atoms with Crippen molar-refractivity contribution in [2.75, 3.05) is 11.9 Å². The molecule has 3 rings (SSSR count). The number of carbonyl (C=O) groups is 3. The van der Waals surface area contributed by atoms with Crippen LogP contribution in [-0.4, -0.2) is 34.4 Å². The van der Waals surface area contributed by atoms with Gasteiger partial charge in [0.25, 0.3) is 11.5 Å². The van der Waals surface area contributed by atoms with E-state index in [1.54, 1.807) is 18.2 Å². The highest BCUT2D eigenvalue weighted by molar-refractivity contribution is 6.06. The zero-order chi connectivity index (χ0) is 20.5. The van der Waals surface area contributed by atoms with Gasteiger partial charge in [0.15, 0.2) is 12.4 Å². The number of rotatable bonds is 5. The first-order chi connectivity index (χ1) is 13.1. The number of hydrogen-bond donors (Lipinski definition) is 3. The predicted octanol–water partition coefficient (Wildman–Crippen LogP) is 2.25. The Kier molecular flexibility index (Phi) is 5.04. The van der Waals surface area contributed by atoms with E-state index in [0.29, 0.717) is 29.8 Å². The van der Waals surface area contributed by atoms with E-state index in [2.05, 4.69) is 10.3 Å². The van der Waals surface area contributed by atoms with Crippen LogP contribution in [0.2, 0.25) is 0 Å². The van der Waals surface area contributed by atoms with E-state index in [1.807, 2.05) is 13.8 Å². The molecule has 8 nitrogen and oxygen atoms in total. The van der Waals surface area contributed by atoms with Crippen LogP contribution >= 0.6 is 0 Å². The predicted molar refractivity (Wildman–Crippen MR) is 101 cm³/mol. The number of hydrogen-bond acceptors (Lipinski definition) is 5. The van der Waals surface area contributed by atoms with Crippen LogP contribution in [0.3, 0.4) is 0 Å². The second kappa shape index (κ2) is 7.30. The van der Waals surface area contributed by atoms with E-state index in [1.165, 1.54) is 12.1 Å². The van der Waals surface area contributed by atoms with Gasteiger partial charge in [-0.3, -0.25) is 14.4 Å². The van der Waals surface area contributed by atoms with Gasteiger partial charge in [-0.05, 0) is 30.0 Å². The number of aromatic amines is 1. The number of fused-ring (bicyclic) bond motifs is 1. The lowest BCUT2D eigenvalue weighted by molar-refractivity contribution is -0.139. The molecule has 0 radical (unpaired) electrons. The van der Waals surface area contributed by atoms with Crippen LogP contribution in [0.15, 0.2) is 35.1 Å². The monoisotopic (exact) mass is 384 g/mol. The molecule has 8 heteroatoms. The number of H-pyrrole nitrogens is 1. The largest absolute Gasteiger partial charge is 0.482 e. The van der Waals surface area contributed by atoms with Crippen LogP contribution in [0.25, 0.3) is 0 Å². The first-order valence-electron chi connectivity index (χ1n) is 8.70.